The summed E-state index contributed by atoms with van der Waals surface area (Å²) in [6.07, 6.45) is 1.53. The third kappa shape index (κ3) is 5.29. The van der Waals surface area contributed by atoms with Crippen molar-refractivity contribution >= 4 is 17.8 Å². The second-order valence-electron chi connectivity index (χ2n) is 7.66. The molecule has 2 aliphatic rings. The highest BCUT2D eigenvalue weighted by Gasteiger charge is 2.29. The van der Waals surface area contributed by atoms with Gasteiger partial charge in [0.15, 0.2) is 0 Å². The van der Waals surface area contributed by atoms with Crippen molar-refractivity contribution in [1.82, 2.24) is 30.6 Å². The van der Waals surface area contributed by atoms with E-state index in [-0.39, 0.29) is 24.7 Å². The minimum absolute atomic E-state index is 0.159. The van der Waals surface area contributed by atoms with Gasteiger partial charge in [0.25, 0.3) is 5.91 Å². The number of amides is 4. The molecule has 1 fully saturated rings. The molecular formula is C18H28N6O3. The number of urea groups is 1. The Hall–Kier alpha value is -2.42. The minimum atomic E-state index is -0.626. The quantitative estimate of drug-likeness (QED) is 0.595. The van der Waals surface area contributed by atoms with Crippen LogP contribution in [0.4, 0.5) is 4.79 Å². The number of carbonyl (C=O) groups is 3. The highest BCUT2D eigenvalue weighted by molar-refractivity contribution is 6.04. The summed E-state index contributed by atoms with van der Waals surface area (Å²) in [4.78, 5) is 37.0. The fraction of sp³-hybridized carbons (Fsp3) is 0.667. The maximum absolute atomic E-state index is 12.0. The minimum Gasteiger partial charge on any atom is -0.350 e. The van der Waals surface area contributed by atoms with Gasteiger partial charge in [-0.3, -0.25) is 24.5 Å². The highest BCUT2D eigenvalue weighted by Crippen LogP contribution is 2.15. The number of nitrogens with one attached hydrogen (secondary N) is 3. The Labute approximate surface area is 158 Å². The van der Waals surface area contributed by atoms with Crippen molar-refractivity contribution < 1.29 is 14.4 Å². The molecule has 3 rings (SSSR count). The molecule has 3 heterocycles. The maximum atomic E-state index is 12.0. The van der Waals surface area contributed by atoms with Crippen LogP contribution in [0.1, 0.15) is 44.5 Å². The number of hydrogen-bond acceptors (Lipinski definition) is 5. The molecule has 0 bridgehead atoms. The van der Waals surface area contributed by atoms with Gasteiger partial charge in [-0.15, -0.1) is 0 Å². The van der Waals surface area contributed by atoms with E-state index in [1.54, 1.807) is 0 Å². The van der Waals surface area contributed by atoms with Gasteiger partial charge in [0, 0.05) is 32.6 Å². The molecule has 1 saturated heterocycles. The van der Waals surface area contributed by atoms with Crippen LogP contribution < -0.4 is 16.0 Å². The van der Waals surface area contributed by atoms with Crippen molar-refractivity contribution in [2.24, 2.45) is 5.92 Å². The second kappa shape index (κ2) is 8.51. The van der Waals surface area contributed by atoms with Crippen LogP contribution in [0.2, 0.25) is 0 Å². The summed E-state index contributed by atoms with van der Waals surface area (Å²) >= 11 is 0. The molecular weight excluding hydrogens is 348 g/mol. The van der Waals surface area contributed by atoms with E-state index in [1.807, 2.05) is 4.68 Å². The van der Waals surface area contributed by atoms with Crippen LogP contribution in [0.3, 0.4) is 0 Å². The fourth-order valence-corrected chi connectivity index (χ4v) is 3.56. The second-order valence-corrected chi connectivity index (χ2v) is 7.66. The molecule has 9 heteroatoms. The normalized spacial score (nSPS) is 20.2. The highest BCUT2D eigenvalue weighted by atomic mass is 16.2. The lowest BCUT2D eigenvalue weighted by atomic mass is 10.1. The number of rotatable bonds is 7. The number of aromatic nitrogens is 2. The molecule has 0 aromatic carbocycles. The van der Waals surface area contributed by atoms with E-state index in [1.165, 1.54) is 5.69 Å². The summed E-state index contributed by atoms with van der Waals surface area (Å²) < 4.78 is 2.04. The van der Waals surface area contributed by atoms with Gasteiger partial charge in [-0.1, -0.05) is 13.8 Å². The molecule has 0 spiro atoms. The Morgan fingerprint density at radius 3 is 2.89 bits per heavy atom. The predicted octanol–water partition coefficient (Wildman–Crippen LogP) is 0.349. The molecule has 1 atom stereocenters. The number of imide groups is 1. The van der Waals surface area contributed by atoms with Crippen molar-refractivity contribution in [3.63, 3.8) is 0 Å². The lowest BCUT2D eigenvalue weighted by Gasteiger charge is -2.21. The summed E-state index contributed by atoms with van der Waals surface area (Å²) in [5, 5.41) is 12.1. The van der Waals surface area contributed by atoms with Crippen molar-refractivity contribution in [2.45, 2.75) is 58.8 Å². The molecule has 1 aromatic heterocycles. The van der Waals surface area contributed by atoms with Crippen molar-refractivity contribution in [1.29, 1.82) is 0 Å². The van der Waals surface area contributed by atoms with Gasteiger partial charge in [0.2, 0.25) is 5.91 Å². The molecule has 1 aromatic rings. The van der Waals surface area contributed by atoms with Gasteiger partial charge in [-0.05, 0) is 24.8 Å². The number of nitrogens with zero attached hydrogens (tertiary/aromatic N) is 3. The van der Waals surface area contributed by atoms with Crippen molar-refractivity contribution in [2.75, 3.05) is 13.1 Å². The van der Waals surface area contributed by atoms with Gasteiger partial charge < -0.3 is 10.6 Å². The van der Waals surface area contributed by atoms with Crippen LogP contribution in [0.5, 0.6) is 0 Å². The largest absolute Gasteiger partial charge is 0.350 e. The van der Waals surface area contributed by atoms with E-state index in [0.717, 1.165) is 38.3 Å². The van der Waals surface area contributed by atoms with E-state index in [9.17, 15) is 14.4 Å². The maximum Gasteiger partial charge on any atom is 0.322 e. The summed E-state index contributed by atoms with van der Waals surface area (Å²) in [6, 6.07) is 0.930. The van der Waals surface area contributed by atoms with Crippen molar-refractivity contribution in [3.05, 3.63) is 17.5 Å². The van der Waals surface area contributed by atoms with E-state index < -0.39 is 12.1 Å². The molecule has 0 saturated carbocycles. The van der Waals surface area contributed by atoms with Gasteiger partial charge in [-0.25, -0.2) is 4.79 Å². The molecule has 148 valence electrons. The standard InChI is InChI=1S/C18H28N6O3/c1-12(2)10-23-6-3-7-24-14(11-23)8-13(22-24)9-19-16(25)5-4-15-17(26)21-18(27)20-15/h8,12,15H,3-7,9-11H2,1-2H3,(H,19,25)(H2,20,21,26,27). The lowest BCUT2D eigenvalue weighted by molar-refractivity contribution is -0.122. The fourth-order valence-electron chi connectivity index (χ4n) is 3.56. The zero-order valence-corrected chi connectivity index (χ0v) is 16.0. The molecule has 4 amide bonds. The van der Waals surface area contributed by atoms with Crippen LogP contribution in [-0.2, 0) is 29.2 Å². The Kier molecular flexibility index (Phi) is 6.10. The van der Waals surface area contributed by atoms with Gasteiger partial charge in [-0.2, -0.15) is 5.10 Å². The van der Waals surface area contributed by atoms with Crippen molar-refractivity contribution in [3.8, 4) is 0 Å². The average Bonchev–Trinajstić information content (AvgIpc) is 3.06. The van der Waals surface area contributed by atoms with Crippen LogP contribution in [0.15, 0.2) is 6.07 Å². The van der Waals surface area contributed by atoms with Gasteiger partial charge in [0.05, 0.1) is 17.9 Å². The molecule has 0 aliphatic carbocycles. The van der Waals surface area contributed by atoms with E-state index >= 15 is 0 Å². The van der Waals surface area contributed by atoms with E-state index in [4.69, 9.17) is 0 Å². The van der Waals surface area contributed by atoms with Crippen LogP contribution in [0.25, 0.3) is 0 Å². The summed E-state index contributed by atoms with van der Waals surface area (Å²) in [5.74, 6) is 0.0927. The van der Waals surface area contributed by atoms with Gasteiger partial charge in [0.1, 0.15) is 6.04 Å². The third-order valence-corrected chi connectivity index (χ3v) is 4.75. The SMILES string of the molecule is CC(C)CN1CCCn2nc(CNC(=O)CCC3NC(=O)NC3=O)cc2C1. The topological polar surface area (TPSA) is 108 Å². The van der Waals surface area contributed by atoms with Crippen LogP contribution in [-0.4, -0.2) is 51.7 Å². The van der Waals surface area contributed by atoms with E-state index in [2.05, 4.69) is 45.9 Å². The van der Waals surface area contributed by atoms with Gasteiger partial charge >= 0.3 is 6.03 Å². The predicted molar refractivity (Wildman–Crippen MR) is 98.5 cm³/mol. The summed E-state index contributed by atoms with van der Waals surface area (Å²) in [6.45, 7) is 8.76. The zero-order valence-electron chi connectivity index (χ0n) is 16.0. The number of aryl methyl sites for hydroxylation is 1. The average molecular weight is 376 g/mol. The monoisotopic (exact) mass is 376 g/mol. The Morgan fingerprint density at radius 1 is 1.37 bits per heavy atom. The smallest absolute Gasteiger partial charge is 0.322 e. The first-order valence-electron chi connectivity index (χ1n) is 9.56. The first-order valence-corrected chi connectivity index (χ1v) is 9.56. The number of hydrogen-bond donors (Lipinski definition) is 3. The summed E-state index contributed by atoms with van der Waals surface area (Å²) in [5.41, 5.74) is 2.03. The first-order chi connectivity index (χ1) is 12.9. The van der Waals surface area contributed by atoms with Crippen LogP contribution in [0, 0.1) is 5.92 Å². The first kappa shape index (κ1) is 19.3. The molecule has 2 aliphatic heterocycles. The molecule has 9 nitrogen and oxygen atoms in total. The Bertz CT molecular complexity index is 714. The van der Waals surface area contributed by atoms with E-state index in [0.29, 0.717) is 12.5 Å². The number of carbonyl (C=O) groups excluding carboxylic acids is 3. The Balaban J connectivity index is 1.47. The molecule has 3 N–H and O–H groups in total. The molecule has 1 unspecified atom stereocenters. The molecule has 0 radical (unpaired) electrons. The van der Waals surface area contributed by atoms with Crippen LogP contribution >= 0.6 is 0 Å². The third-order valence-electron chi connectivity index (χ3n) is 4.75. The number of fused-ring (bicyclic) bond motifs is 1. The molecule has 27 heavy (non-hydrogen) atoms. The lowest BCUT2D eigenvalue weighted by Crippen LogP contribution is -2.31. The zero-order chi connectivity index (χ0) is 19.4. The Morgan fingerprint density at radius 2 is 2.19 bits per heavy atom. The summed E-state index contributed by atoms with van der Waals surface area (Å²) in [7, 11) is 0.